The summed E-state index contributed by atoms with van der Waals surface area (Å²) in [6.07, 6.45) is -0.649. The van der Waals surface area contributed by atoms with Crippen molar-refractivity contribution in [3.63, 3.8) is 0 Å². The van der Waals surface area contributed by atoms with Crippen LogP contribution in [0.4, 0.5) is 0 Å². The molecule has 1 aromatic rings. The van der Waals surface area contributed by atoms with Crippen LogP contribution in [0, 0.1) is 0 Å². The van der Waals surface area contributed by atoms with Gasteiger partial charge in [0.1, 0.15) is 0 Å². The molecule has 0 spiro atoms. The molecule has 0 amide bonds. The van der Waals surface area contributed by atoms with E-state index in [1.165, 1.54) is 4.46 Å². The molecular formula is C12H12O3Se. The number of aliphatic hydroxyl groups excluding tert-OH is 1. The van der Waals surface area contributed by atoms with E-state index < -0.39 is 6.10 Å². The van der Waals surface area contributed by atoms with Crippen LogP contribution in [0.3, 0.4) is 0 Å². The van der Waals surface area contributed by atoms with Crippen molar-refractivity contribution in [2.45, 2.75) is 29.5 Å². The summed E-state index contributed by atoms with van der Waals surface area (Å²) in [4.78, 5) is 11.6. The number of carbonyl (C=O) groups is 1. The molecule has 3 rings (SSSR count). The van der Waals surface area contributed by atoms with Crippen LogP contribution in [-0.2, 0) is 9.53 Å². The van der Waals surface area contributed by atoms with Crippen LogP contribution in [0.5, 0.6) is 0 Å². The molecule has 16 heavy (non-hydrogen) atoms. The number of ketones is 1. The number of Topliss-reactive ketones (excluding diaryl/α,β-unsaturated/α-hetero) is 1. The predicted octanol–water partition coefficient (Wildman–Crippen LogP) is -0.0943. The van der Waals surface area contributed by atoms with Crippen molar-refractivity contribution in [3.05, 3.63) is 30.3 Å². The first-order valence-corrected chi connectivity index (χ1v) is 7.18. The van der Waals surface area contributed by atoms with Crippen molar-refractivity contribution < 1.29 is 14.6 Å². The fourth-order valence-electron chi connectivity index (χ4n) is 2.27. The molecule has 0 radical (unpaired) electrons. The van der Waals surface area contributed by atoms with Gasteiger partial charge in [0.15, 0.2) is 0 Å². The molecule has 2 saturated heterocycles. The SMILES string of the molecule is O=C1C[C@H]2O[C@@H]1[C@H]([Se]c1ccccc1)[C@H]2O. The third-order valence-electron chi connectivity index (χ3n) is 3.07. The van der Waals surface area contributed by atoms with Gasteiger partial charge in [0.2, 0.25) is 0 Å². The average Bonchev–Trinajstić information content (AvgIpc) is 2.80. The maximum atomic E-state index is 11.6. The molecule has 2 fully saturated rings. The molecule has 2 aliphatic heterocycles. The molecular weight excluding hydrogens is 271 g/mol. The van der Waals surface area contributed by atoms with Gasteiger partial charge in [0.25, 0.3) is 0 Å². The molecule has 84 valence electrons. The van der Waals surface area contributed by atoms with Crippen molar-refractivity contribution >= 4 is 25.2 Å². The molecule has 0 aliphatic carbocycles. The van der Waals surface area contributed by atoms with E-state index in [1.54, 1.807) is 0 Å². The van der Waals surface area contributed by atoms with Gasteiger partial charge in [-0.2, -0.15) is 0 Å². The van der Waals surface area contributed by atoms with Crippen molar-refractivity contribution in [3.8, 4) is 0 Å². The van der Waals surface area contributed by atoms with E-state index in [0.29, 0.717) is 6.42 Å². The molecule has 2 bridgehead atoms. The number of aliphatic hydroxyl groups is 1. The summed E-state index contributed by atoms with van der Waals surface area (Å²) >= 11 is 0.107. The zero-order valence-corrected chi connectivity index (χ0v) is 10.3. The molecule has 0 aromatic heterocycles. The second kappa shape index (κ2) is 3.97. The fourth-order valence-corrected chi connectivity index (χ4v) is 4.96. The van der Waals surface area contributed by atoms with Crippen LogP contribution >= 0.6 is 0 Å². The van der Waals surface area contributed by atoms with E-state index in [2.05, 4.69) is 0 Å². The van der Waals surface area contributed by atoms with Gasteiger partial charge < -0.3 is 0 Å². The molecule has 2 heterocycles. The monoisotopic (exact) mass is 284 g/mol. The number of ether oxygens (including phenoxy) is 1. The van der Waals surface area contributed by atoms with Crippen molar-refractivity contribution in [1.82, 2.24) is 0 Å². The molecule has 3 nitrogen and oxygen atoms in total. The molecule has 0 unspecified atom stereocenters. The summed E-state index contributed by atoms with van der Waals surface area (Å²) in [5.41, 5.74) is 0. The van der Waals surface area contributed by atoms with Gasteiger partial charge in [-0.25, -0.2) is 0 Å². The number of fused-ring (bicyclic) bond motifs is 2. The van der Waals surface area contributed by atoms with Gasteiger partial charge >= 0.3 is 99.7 Å². The second-order valence-electron chi connectivity index (χ2n) is 4.15. The average molecular weight is 283 g/mol. The van der Waals surface area contributed by atoms with E-state index >= 15 is 0 Å². The molecule has 1 N–H and O–H groups in total. The summed E-state index contributed by atoms with van der Waals surface area (Å²) in [5, 5.41) is 10.00. The number of hydrogen-bond donors (Lipinski definition) is 1. The summed E-state index contributed by atoms with van der Waals surface area (Å²) in [5.74, 6) is 0.165. The molecule has 2 aliphatic rings. The number of hydrogen-bond acceptors (Lipinski definition) is 3. The zero-order chi connectivity index (χ0) is 11.1. The molecule has 1 aromatic carbocycles. The van der Waals surface area contributed by atoms with Crippen molar-refractivity contribution in [1.29, 1.82) is 0 Å². The van der Waals surface area contributed by atoms with Crippen molar-refractivity contribution in [2.24, 2.45) is 0 Å². The van der Waals surface area contributed by atoms with Gasteiger partial charge in [-0.05, 0) is 0 Å². The zero-order valence-electron chi connectivity index (χ0n) is 8.58. The van der Waals surface area contributed by atoms with Crippen LogP contribution < -0.4 is 4.46 Å². The Labute approximate surface area is 100.0 Å². The van der Waals surface area contributed by atoms with E-state index in [1.807, 2.05) is 30.3 Å². The summed E-state index contributed by atoms with van der Waals surface area (Å²) in [7, 11) is 0. The number of carbonyl (C=O) groups excluding carboxylic acids is 1. The Bertz CT molecular complexity index is 406. The standard InChI is InChI=1S/C12H12O3Se/c13-8-6-9-10(14)12(11(8)15-9)16-7-4-2-1-3-5-7/h1-5,9-12,14H,6H2/t9-,10+,11+,12-/m1/s1. The molecule has 4 atom stereocenters. The van der Waals surface area contributed by atoms with Crippen LogP contribution in [0.25, 0.3) is 0 Å². The van der Waals surface area contributed by atoms with Crippen LogP contribution in [0.1, 0.15) is 6.42 Å². The Morgan fingerprint density at radius 2 is 2.06 bits per heavy atom. The number of benzene rings is 1. The molecule has 0 saturated carbocycles. The van der Waals surface area contributed by atoms with E-state index in [4.69, 9.17) is 4.74 Å². The maximum absolute atomic E-state index is 11.6. The Morgan fingerprint density at radius 3 is 2.75 bits per heavy atom. The normalized spacial score (nSPS) is 36.9. The van der Waals surface area contributed by atoms with Crippen molar-refractivity contribution in [2.75, 3.05) is 0 Å². The Kier molecular flexibility index (Phi) is 2.60. The van der Waals surface area contributed by atoms with Gasteiger partial charge in [0, 0.05) is 0 Å². The minimum absolute atomic E-state index is 0.00106. The quantitative estimate of drug-likeness (QED) is 0.771. The van der Waals surface area contributed by atoms with Gasteiger partial charge in [-0.1, -0.05) is 0 Å². The third kappa shape index (κ3) is 1.62. The Morgan fingerprint density at radius 1 is 1.31 bits per heavy atom. The Balaban J connectivity index is 1.79. The van der Waals surface area contributed by atoms with Crippen LogP contribution in [-0.4, -0.2) is 44.2 Å². The van der Waals surface area contributed by atoms with Gasteiger partial charge in [0.05, 0.1) is 0 Å². The van der Waals surface area contributed by atoms with E-state index in [9.17, 15) is 9.90 Å². The number of rotatable bonds is 2. The predicted molar refractivity (Wildman–Crippen MR) is 59.9 cm³/mol. The first-order chi connectivity index (χ1) is 7.75. The first kappa shape index (κ1) is 10.5. The van der Waals surface area contributed by atoms with Crippen LogP contribution in [0.2, 0.25) is 4.82 Å². The summed E-state index contributed by atoms with van der Waals surface area (Å²) in [6.45, 7) is 0. The van der Waals surface area contributed by atoms with E-state index in [-0.39, 0.29) is 37.8 Å². The third-order valence-corrected chi connectivity index (χ3v) is 5.89. The minimum atomic E-state index is -0.456. The van der Waals surface area contributed by atoms with Crippen LogP contribution in [0.15, 0.2) is 30.3 Å². The van der Waals surface area contributed by atoms with E-state index in [0.717, 1.165) is 0 Å². The first-order valence-electron chi connectivity index (χ1n) is 5.33. The van der Waals surface area contributed by atoms with Gasteiger partial charge in [-0.15, -0.1) is 0 Å². The second-order valence-corrected chi connectivity index (χ2v) is 6.78. The Hall–Kier alpha value is -0.671. The summed E-state index contributed by atoms with van der Waals surface area (Å²) in [6, 6.07) is 10.0. The fraction of sp³-hybridized carbons (Fsp3) is 0.417. The van der Waals surface area contributed by atoms with Gasteiger partial charge in [-0.3, -0.25) is 0 Å². The molecule has 4 heteroatoms. The summed E-state index contributed by atoms with van der Waals surface area (Å²) < 4.78 is 6.71. The topological polar surface area (TPSA) is 46.5 Å².